The summed E-state index contributed by atoms with van der Waals surface area (Å²) < 4.78 is 0. The lowest BCUT2D eigenvalue weighted by Gasteiger charge is -2.37. The van der Waals surface area contributed by atoms with Gasteiger partial charge in [-0.3, -0.25) is 9.59 Å². The summed E-state index contributed by atoms with van der Waals surface area (Å²) in [5, 5.41) is 4.20. The fourth-order valence-electron chi connectivity index (χ4n) is 5.60. The Kier molecular flexibility index (Phi) is 7.89. The Bertz CT molecular complexity index is 1390. The van der Waals surface area contributed by atoms with Gasteiger partial charge in [-0.2, -0.15) is 0 Å². The number of aromatic amines is 1. The van der Waals surface area contributed by atoms with Gasteiger partial charge in [-0.05, 0) is 61.7 Å². The number of hydrogen-bond donors (Lipinski definition) is 2. The number of para-hydroxylation sites is 2. The molecule has 3 aromatic carbocycles. The molecule has 1 aromatic heterocycles. The largest absolute Gasteiger partial charge is 0.361 e. The average molecular weight is 509 g/mol. The Hall–Kier alpha value is -3.90. The highest BCUT2D eigenvalue weighted by molar-refractivity contribution is 6.00. The zero-order valence-electron chi connectivity index (χ0n) is 22.2. The first-order valence-corrected chi connectivity index (χ1v) is 13.4. The highest BCUT2D eigenvalue weighted by Gasteiger charge is 2.33. The topological polar surface area (TPSA) is 68.4 Å². The Morgan fingerprint density at radius 1 is 1.00 bits per heavy atom. The highest BCUT2D eigenvalue weighted by Crippen LogP contribution is 2.31. The van der Waals surface area contributed by atoms with Crippen LogP contribution in [0.25, 0.3) is 10.9 Å². The number of hydrogen-bond acceptors (Lipinski definition) is 3. The molecule has 5 rings (SSSR count). The molecule has 0 bridgehead atoms. The number of anilines is 1. The molecule has 0 radical (unpaired) electrons. The lowest BCUT2D eigenvalue weighted by Crippen LogP contribution is -2.53. The van der Waals surface area contributed by atoms with Gasteiger partial charge in [-0.15, -0.1) is 0 Å². The van der Waals surface area contributed by atoms with Gasteiger partial charge in [0.15, 0.2) is 0 Å². The molecule has 196 valence electrons. The third kappa shape index (κ3) is 5.97. The smallest absolute Gasteiger partial charge is 0.249 e. The van der Waals surface area contributed by atoms with E-state index in [-0.39, 0.29) is 11.8 Å². The lowest BCUT2D eigenvalue weighted by molar-refractivity contribution is -0.127. The number of amides is 2. The summed E-state index contributed by atoms with van der Waals surface area (Å²) in [7, 11) is 4.14. The van der Waals surface area contributed by atoms with Crippen LogP contribution in [0.1, 0.15) is 23.1 Å². The van der Waals surface area contributed by atoms with E-state index in [2.05, 4.69) is 41.4 Å². The molecule has 2 heterocycles. The van der Waals surface area contributed by atoms with Crippen molar-refractivity contribution in [1.29, 1.82) is 0 Å². The maximum absolute atomic E-state index is 14.3. The van der Waals surface area contributed by atoms with Gasteiger partial charge in [-0.1, -0.05) is 66.7 Å². The van der Waals surface area contributed by atoms with Gasteiger partial charge in [-0.25, -0.2) is 0 Å². The van der Waals surface area contributed by atoms with Crippen LogP contribution in [-0.2, 0) is 28.9 Å². The Labute approximate surface area is 224 Å². The second kappa shape index (κ2) is 11.7. The fourth-order valence-corrected chi connectivity index (χ4v) is 5.60. The van der Waals surface area contributed by atoms with Gasteiger partial charge in [0.25, 0.3) is 0 Å². The van der Waals surface area contributed by atoms with Crippen LogP contribution >= 0.6 is 0 Å². The molecule has 1 aliphatic rings. The summed E-state index contributed by atoms with van der Waals surface area (Å²) in [6, 6.07) is 25.6. The Morgan fingerprint density at radius 2 is 1.74 bits per heavy atom. The molecule has 6 heteroatoms. The van der Waals surface area contributed by atoms with E-state index in [9.17, 15) is 9.59 Å². The molecule has 2 N–H and O–H groups in total. The summed E-state index contributed by atoms with van der Waals surface area (Å²) in [6.07, 6.45) is 4.30. The highest BCUT2D eigenvalue weighted by atomic mass is 16.2. The predicted molar refractivity (Wildman–Crippen MR) is 153 cm³/mol. The SMILES string of the molecule is CN(C)CC1Cc2ccccc2N(C(=O)C(Cc2c[nH]c3ccccc23)NC(=O)CCc2ccccc2)C1. The number of aromatic nitrogens is 1. The Balaban J connectivity index is 1.41. The van der Waals surface area contributed by atoms with Crippen LogP contribution in [0.2, 0.25) is 0 Å². The number of aryl methyl sites for hydroxylation is 1. The van der Waals surface area contributed by atoms with Crippen LogP contribution in [0.5, 0.6) is 0 Å². The molecular weight excluding hydrogens is 472 g/mol. The second-order valence-corrected chi connectivity index (χ2v) is 10.6. The van der Waals surface area contributed by atoms with E-state index >= 15 is 0 Å². The van der Waals surface area contributed by atoms with Gasteiger partial charge in [0, 0.05) is 48.7 Å². The standard InChI is InChI=1S/C32H36N4O2/c1-35(2)21-24-18-25-12-6-9-15-30(25)36(22-24)32(38)29(19-26-20-33-28-14-8-7-13-27(26)28)34-31(37)17-16-23-10-4-3-5-11-23/h3-15,20,24,29,33H,16-19,21-22H2,1-2H3,(H,34,37). The van der Waals surface area contributed by atoms with Crippen molar-refractivity contribution in [1.82, 2.24) is 15.2 Å². The average Bonchev–Trinajstić information content (AvgIpc) is 3.33. The molecule has 6 nitrogen and oxygen atoms in total. The molecule has 4 aromatic rings. The van der Waals surface area contributed by atoms with Crippen molar-refractivity contribution in [3.63, 3.8) is 0 Å². The van der Waals surface area contributed by atoms with E-state index in [1.165, 1.54) is 5.56 Å². The molecule has 0 saturated heterocycles. The number of nitrogens with zero attached hydrogens (tertiary/aromatic N) is 2. The fraction of sp³-hybridized carbons (Fsp3) is 0.312. The van der Waals surface area contributed by atoms with Gasteiger partial charge in [0.2, 0.25) is 11.8 Å². The summed E-state index contributed by atoms with van der Waals surface area (Å²) in [5.74, 6) is 0.160. The first-order valence-electron chi connectivity index (χ1n) is 13.4. The van der Waals surface area contributed by atoms with E-state index in [1.54, 1.807) is 0 Å². The van der Waals surface area contributed by atoms with Crippen molar-refractivity contribution in [3.8, 4) is 0 Å². The quantitative estimate of drug-likeness (QED) is 0.347. The molecule has 2 atom stereocenters. The molecule has 2 amide bonds. The number of H-pyrrole nitrogens is 1. The number of carbonyl (C=O) groups is 2. The van der Waals surface area contributed by atoms with E-state index in [4.69, 9.17) is 0 Å². The molecular formula is C32H36N4O2. The summed E-state index contributed by atoms with van der Waals surface area (Å²) >= 11 is 0. The summed E-state index contributed by atoms with van der Waals surface area (Å²) in [6.45, 7) is 1.53. The molecule has 0 saturated carbocycles. The second-order valence-electron chi connectivity index (χ2n) is 10.6. The van der Waals surface area contributed by atoms with Gasteiger partial charge >= 0.3 is 0 Å². The van der Waals surface area contributed by atoms with Crippen LogP contribution in [0.4, 0.5) is 5.69 Å². The number of fused-ring (bicyclic) bond motifs is 2. The molecule has 1 aliphatic heterocycles. The van der Waals surface area contributed by atoms with Crippen molar-refractivity contribution in [2.75, 3.05) is 32.1 Å². The minimum absolute atomic E-state index is 0.0563. The monoisotopic (exact) mass is 508 g/mol. The first-order chi connectivity index (χ1) is 18.5. The van der Waals surface area contributed by atoms with Crippen LogP contribution in [-0.4, -0.2) is 54.9 Å². The van der Waals surface area contributed by atoms with Gasteiger partial charge < -0.3 is 20.1 Å². The maximum atomic E-state index is 14.3. The summed E-state index contributed by atoms with van der Waals surface area (Å²) in [4.78, 5) is 34.8. The number of benzene rings is 3. The van der Waals surface area contributed by atoms with Gasteiger partial charge in [0.1, 0.15) is 6.04 Å². The number of rotatable bonds is 9. The molecule has 0 aliphatic carbocycles. The van der Waals surface area contributed by atoms with Crippen LogP contribution < -0.4 is 10.2 Å². The Morgan fingerprint density at radius 3 is 2.55 bits per heavy atom. The van der Waals surface area contributed by atoms with Crippen molar-refractivity contribution >= 4 is 28.4 Å². The predicted octanol–water partition coefficient (Wildman–Crippen LogP) is 4.60. The minimum atomic E-state index is -0.663. The minimum Gasteiger partial charge on any atom is -0.361 e. The first kappa shape index (κ1) is 25.7. The van der Waals surface area contributed by atoms with Crippen molar-refractivity contribution < 1.29 is 9.59 Å². The van der Waals surface area contributed by atoms with E-state index in [1.807, 2.05) is 77.8 Å². The van der Waals surface area contributed by atoms with Crippen molar-refractivity contribution in [3.05, 3.63) is 102 Å². The van der Waals surface area contributed by atoms with Crippen LogP contribution in [0, 0.1) is 5.92 Å². The third-order valence-electron chi connectivity index (χ3n) is 7.34. The lowest BCUT2D eigenvalue weighted by atomic mass is 9.91. The molecule has 0 spiro atoms. The van der Waals surface area contributed by atoms with Crippen molar-refractivity contribution in [2.24, 2.45) is 5.92 Å². The normalized spacial score (nSPS) is 15.9. The van der Waals surface area contributed by atoms with Crippen molar-refractivity contribution in [2.45, 2.75) is 31.7 Å². The molecule has 38 heavy (non-hydrogen) atoms. The molecule has 2 unspecified atom stereocenters. The maximum Gasteiger partial charge on any atom is 0.249 e. The zero-order chi connectivity index (χ0) is 26.5. The number of nitrogens with one attached hydrogen (secondary N) is 2. The van der Waals surface area contributed by atoms with Gasteiger partial charge in [0.05, 0.1) is 0 Å². The number of carbonyl (C=O) groups excluding carboxylic acids is 2. The van der Waals surface area contributed by atoms with Crippen LogP contribution in [0.15, 0.2) is 85.1 Å². The molecule has 0 fully saturated rings. The van der Waals surface area contributed by atoms with Crippen LogP contribution in [0.3, 0.4) is 0 Å². The summed E-state index contributed by atoms with van der Waals surface area (Å²) in [5.41, 5.74) is 5.30. The van der Waals surface area contributed by atoms with E-state index < -0.39 is 6.04 Å². The van der Waals surface area contributed by atoms with E-state index in [0.29, 0.717) is 31.7 Å². The van der Waals surface area contributed by atoms with E-state index in [0.717, 1.165) is 40.7 Å². The third-order valence-corrected chi connectivity index (χ3v) is 7.34. The zero-order valence-corrected chi connectivity index (χ0v) is 22.2.